The maximum absolute atomic E-state index is 14.6. The molecule has 2 aliphatic rings. The fourth-order valence-electron chi connectivity index (χ4n) is 4.61. The molecule has 0 spiro atoms. The summed E-state index contributed by atoms with van der Waals surface area (Å²) in [6, 6.07) is 1.12. The summed E-state index contributed by atoms with van der Waals surface area (Å²) in [4.78, 5) is 34.4. The number of aromatic nitrogens is 4. The van der Waals surface area contributed by atoms with Crippen molar-refractivity contribution in [3.63, 3.8) is 0 Å². The number of nitrogen functional groups attached to an aromatic ring is 1. The third kappa shape index (κ3) is 4.23. The van der Waals surface area contributed by atoms with Crippen LogP contribution in [0.2, 0.25) is 0 Å². The molecule has 1 saturated heterocycles. The van der Waals surface area contributed by atoms with Gasteiger partial charge in [-0.2, -0.15) is 18.3 Å². The van der Waals surface area contributed by atoms with E-state index in [0.29, 0.717) is 5.69 Å². The Morgan fingerprint density at radius 2 is 1.86 bits per heavy atom. The number of amides is 2. The Morgan fingerprint density at radius 1 is 1.16 bits per heavy atom. The van der Waals surface area contributed by atoms with Crippen LogP contribution >= 0.6 is 0 Å². The number of hydrogen-bond acceptors (Lipinski definition) is 6. The van der Waals surface area contributed by atoms with Gasteiger partial charge in [-0.15, -0.1) is 0 Å². The first-order valence-corrected chi connectivity index (χ1v) is 11.4. The van der Waals surface area contributed by atoms with Crippen LogP contribution in [0.25, 0.3) is 16.8 Å². The second-order valence-electron chi connectivity index (χ2n) is 9.37. The van der Waals surface area contributed by atoms with Gasteiger partial charge in [0.1, 0.15) is 18.0 Å². The van der Waals surface area contributed by atoms with Crippen LogP contribution in [0.3, 0.4) is 0 Å². The molecule has 3 aromatic heterocycles. The number of alkyl halides is 5. The maximum Gasteiger partial charge on any atom is 0.418 e. The van der Waals surface area contributed by atoms with E-state index in [1.807, 2.05) is 0 Å². The number of hydrogen-bond donors (Lipinski definition) is 2. The number of nitrogens with zero attached hydrogens (tertiary/aromatic N) is 5. The Kier molecular flexibility index (Phi) is 5.60. The van der Waals surface area contributed by atoms with E-state index in [0.717, 1.165) is 21.8 Å². The van der Waals surface area contributed by atoms with Crippen LogP contribution in [-0.4, -0.2) is 67.3 Å². The van der Waals surface area contributed by atoms with Gasteiger partial charge in [0.15, 0.2) is 11.5 Å². The minimum absolute atomic E-state index is 0.00716. The Bertz CT molecular complexity index is 1430. The van der Waals surface area contributed by atoms with Gasteiger partial charge in [-0.05, 0) is 38.8 Å². The topological polar surface area (TPSA) is 119 Å². The number of carbonyl (C=O) groups is 2. The Labute approximate surface area is 206 Å². The van der Waals surface area contributed by atoms with Crippen LogP contribution in [0.1, 0.15) is 40.2 Å². The van der Waals surface area contributed by atoms with E-state index in [1.54, 1.807) is 6.92 Å². The smallest absolute Gasteiger partial charge is 0.382 e. The summed E-state index contributed by atoms with van der Waals surface area (Å²) in [6.07, 6.45) is -5.18. The summed E-state index contributed by atoms with van der Waals surface area (Å²) in [5, 5.41) is 6.43. The number of nitrogens with two attached hydrogens (primary N) is 1. The highest BCUT2D eigenvalue weighted by molar-refractivity contribution is 5.97. The fourth-order valence-corrected chi connectivity index (χ4v) is 4.61. The van der Waals surface area contributed by atoms with Gasteiger partial charge in [-0.25, -0.2) is 18.3 Å². The second-order valence-corrected chi connectivity index (χ2v) is 9.37. The van der Waals surface area contributed by atoms with Gasteiger partial charge in [0.05, 0.1) is 35.1 Å². The average Bonchev–Trinajstić information content (AvgIpc) is 3.27. The van der Waals surface area contributed by atoms with Crippen LogP contribution in [0.15, 0.2) is 18.5 Å². The number of fused-ring (bicyclic) bond motifs is 1. The first kappa shape index (κ1) is 24.8. The molecule has 1 saturated carbocycles. The van der Waals surface area contributed by atoms with Crippen molar-refractivity contribution in [2.24, 2.45) is 0 Å². The highest BCUT2D eigenvalue weighted by Crippen LogP contribution is 2.42. The molecule has 5 rings (SSSR count). The van der Waals surface area contributed by atoms with E-state index in [2.05, 4.69) is 20.4 Å². The molecule has 4 heterocycles. The zero-order valence-corrected chi connectivity index (χ0v) is 19.7. The lowest BCUT2D eigenvalue weighted by Gasteiger charge is -2.19. The molecule has 0 unspecified atom stereocenters. The van der Waals surface area contributed by atoms with Crippen molar-refractivity contribution in [2.45, 2.75) is 50.7 Å². The Balaban J connectivity index is 1.48. The summed E-state index contributed by atoms with van der Waals surface area (Å²) in [6.45, 7) is 2.55. The number of anilines is 1. The highest BCUT2D eigenvalue weighted by Gasteiger charge is 2.54. The predicted octanol–water partition coefficient (Wildman–Crippen LogP) is 2.79. The van der Waals surface area contributed by atoms with Crippen molar-refractivity contribution in [3.8, 4) is 11.3 Å². The van der Waals surface area contributed by atoms with Crippen LogP contribution in [0.4, 0.5) is 27.8 Å². The van der Waals surface area contributed by atoms with E-state index in [9.17, 15) is 31.5 Å². The van der Waals surface area contributed by atoms with Crippen molar-refractivity contribution in [3.05, 3.63) is 41.0 Å². The zero-order chi connectivity index (χ0) is 26.9. The van der Waals surface area contributed by atoms with E-state index in [-0.39, 0.29) is 54.3 Å². The number of likely N-dealkylation sites (tertiary alicyclic amines) is 1. The second kappa shape index (κ2) is 8.35. The molecule has 196 valence electrons. The molecule has 0 aromatic carbocycles. The normalized spacial score (nSPS) is 20.9. The summed E-state index contributed by atoms with van der Waals surface area (Å²) in [5.41, 5.74) is 3.00. The van der Waals surface area contributed by atoms with Crippen molar-refractivity contribution in [2.75, 3.05) is 18.8 Å². The molecule has 2 atom stereocenters. The summed E-state index contributed by atoms with van der Waals surface area (Å²) < 4.78 is 71.0. The molecule has 37 heavy (non-hydrogen) atoms. The molecule has 14 heteroatoms. The fraction of sp³-hybridized carbons (Fsp3) is 0.435. The van der Waals surface area contributed by atoms with Gasteiger partial charge < -0.3 is 16.0 Å². The van der Waals surface area contributed by atoms with Gasteiger partial charge in [-0.3, -0.25) is 14.6 Å². The molecule has 1 aliphatic heterocycles. The lowest BCUT2D eigenvalue weighted by atomic mass is 10.0. The molecular formula is C23H22F5N7O2. The van der Waals surface area contributed by atoms with E-state index in [1.165, 1.54) is 13.0 Å². The van der Waals surface area contributed by atoms with Crippen LogP contribution in [-0.2, 0) is 11.0 Å². The molecule has 3 aromatic rings. The number of carbonyl (C=O) groups excluding carboxylic acids is 2. The molecule has 9 nitrogen and oxygen atoms in total. The minimum Gasteiger partial charge on any atom is -0.382 e. The highest BCUT2D eigenvalue weighted by atomic mass is 19.4. The van der Waals surface area contributed by atoms with Gasteiger partial charge in [-0.1, -0.05) is 0 Å². The first-order chi connectivity index (χ1) is 17.3. The van der Waals surface area contributed by atoms with Gasteiger partial charge in [0.2, 0.25) is 0 Å². The first-order valence-electron chi connectivity index (χ1n) is 11.4. The van der Waals surface area contributed by atoms with Gasteiger partial charge in [0, 0.05) is 17.8 Å². The predicted molar refractivity (Wildman–Crippen MR) is 121 cm³/mol. The molecule has 0 bridgehead atoms. The molecule has 0 radical (unpaired) electrons. The monoisotopic (exact) mass is 523 g/mol. The van der Waals surface area contributed by atoms with E-state index in [4.69, 9.17) is 5.73 Å². The van der Waals surface area contributed by atoms with Crippen LogP contribution < -0.4 is 11.1 Å². The number of halogens is 5. The lowest BCUT2D eigenvalue weighted by Crippen LogP contribution is -2.43. The Hall–Kier alpha value is -3.84. The molecule has 2 fully saturated rings. The van der Waals surface area contributed by atoms with E-state index < -0.39 is 47.0 Å². The summed E-state index contributed by atoms with van der Waals surface area (Å²) >= 11 is 0. The van der Waals surface area contributed by atoms with Crippen LogP contribution in [0, 0.1) is 13.8 Å². The summed E-state index contributed by atoms with van der Waals surface area (Å²) in [5.74, 6) is -1.90. The lowest BCUT2D eigenvalue weighted by molar-refractivity contribution is -0.137. The number of nitrogens with one attached hydrogen (secondary N) is 1. The van der Waals surface area contributed by atoms with Gasteiger partial charge in [0.25, 0.3) is 11.8 Å². The SMILES string of the molecule is Cc1nc(C)c(-c2cc(C(F)(F)F)c3c(N)ncnn23)cc1C(=O)N[C@@H]1CN(C(=O)C2(F)CC2)C[C@@H]1F. The largest absolute Gasteiger partial charge is 0.418 e. The van der Waals surface area contributed by atoms with Crippen molar-refractivity contribution < 1.29 is 31.5 Å². The minimum atomic E-state index is -4.75. The zero-order valence-electron chi connectivity index (χ0n) is 19.7. The average molecular weight is 523 g/mol. The molecular weight excluding hydrogens is 501 g/mol. The standard InChI is InChI=1S/C23H22F5N7O2/c1-10-12(17-6-14(23(26,27)28)18-19(29)30-9-31-35(17)18)5-13(11(2)32-10)20(36)33-16-8-34(7-15(16)24)21(37)22(25)3-4-22/h5-6,9,15-16H,3-4,7-8H2,1-2H3,(H,33,36)(H2,29,30,31)/t15-,16+/m0/s1. The quantitative estimate of drug-likeness (QED) is 0.508. The van der Waals surface area contributed by atoms with E-state index >= 15 is 0 Å². The number of rotatable bonds is 4. The van der Waals surface area contributed by atoms with Gasteiger partial charge >= 0.3 is 6.18 Å². The summed E-state index contributed by atoms with van der Waals surface area (Å²) in [7, 11) is 0. The van der Waals surface area contributed by atoms with Crippen molar-refractivity contribution in [1.29, 1.82) is 0 Å². The van der Waals surface area contributed by atoms with Crippen molar-refractivity contribution in [1.82, 2.24) is 29.8 Å². The molecule has 2 amide bonds. The Morgan fingerprint density at radius 3 is 2.51 bits per heavy atom. The number of aryl methyl sites for hydroxylation is 2. The third-order valence-electron chi connectivity index (χ3n) is 6.74. The van der Waals surface area contributed by atoms with Crippen LogP contribution in [0.5, 0.6) is 0 Å². The number of pyridine rings is 1. The third-order valence-corrected chi connectivity index (χ3v) is 6.74. The maximum atomic E-state index is 14.6. The molecule has 3 N–H and O–H groups in total. The van der Waals surface area contributed by atoms with Crippen molar-refractivity contribution >= 4 is 23.1 Å². The molecule has 1 aliphatic carbocycles.